The summed E-state index contributed by atoms with van der Waals surface area (Å²) in [5.41, 5.74) is 1.43. The number of likely N-dealkylation sites (N-methyl/N-ethyl adjacent to an activating group) is 1. The van der Waals surface area contributed by atoms with Crippen molar-refractivity contribution in [3.8, 4) is 0 Å². The number of hydrogen-bond acceptors (Lipinski definition) is 3. The van der Waals surface area contributed by atoms with Gasteiger partial charge in [-0.2, -0.15) is 0 Å². The van der Waals surface area contributed by atoms with Crippen molar-refractivity contribution in [2.45, 2.75) is 12.1 Å². The Labute approximate surface area is 117 Å². The minimum Gasteiger partial charge on any atom is -0.314 e. The quantitative estimate of drug-likeness (QED) is 0.852. The topological polar surface area (TPSA) is 18.5 Å². The van der Waals surface area contributed by atoms with E-state index in [-0.39, 0.29) is 0 Å². The van der Waals surface area contributed by atoms with Crippen LogP contribution in [0.4, 0.5) is 0 Å². The van der Waals surface area contributed by atoms with Crippen molar-refractivity contribution in [1.29, 1.82) is 0 Å². The highest BCUT2D eigenvalue weighted by Gasteiger charge is 2.33. The Bertz CT molecular complexity index is 406. The molecule has 0 radical (unpaired) electrons. The molecule has 2 fully saturated rings. The molecule has 3 rings (SSSR count). The van der Waals surface area contributed by atoms with Crippen LogP contribution in [0, 0.1) is 0 Å². The molecule has 2 atom stereocenters. The maximum Gasteiger partial charge on any atom is 0.0472 e. The van der Waals surface area contributed by atoms with E-state index in [1.165, 1.54) is 12.1 Å². The largest absolute Gasteiger partial charge is 0.314 e. The van der Waals surface area contributed by atoms with Gasteiger partial charge in [0.2, 0.25) is 0 Å². The molecule has 0 bridgehead atoms. The van der Waals surface area contributed by atoms with Crippen LogP contribution in [-0.2, 0) is 0 Å². The number of piperazine rings is 2. The second kappa shape index (κ2) is 5.29. The van der Waals surface area contributed by atoms with Crippen molar-refractivity contribution in [2.75, 3.05) is 39.8 Å². The van der Waals surface area contributed by atoms with E-state index in [0.717, 1.165) is 30.7 Å². The molecule has 2 aliphatic heterocycles. The normalized spacial score (nSPS) is 30.1. The van der Waals surface area contributed by atoms with Crippen molar-refractivity contribution >= 4 is 15.9 Å². The van der Waals surface area contributed by atoms with Gasteiger partial charge in [0, 0.05) is 49.3 Å². The smallest absolute Gasteiger partial charge is 0.0472 e. The predicted octanol–water partition coefficient (Wildman–Crippen LogP) is 1.71. The van der Waals surface area contributed by atoms with E-state index in [0.29, 0.717) is 12.1 Å². The van der Waals surface area contributed by atoms with Crippen molar-refractivity contribution in [3.05, 3.63) is 34.3 Å². The Kier molecular flexibility index (Phi) is 3.71. The van der Waals surface area contributed by atoms with Gasteiger partial charge in [0.15, 0.2) is 0 Å². The van der Waals surface area contributed by atoms with Crippen LogP contribution in [-0.4, -0.2) is 55.6 Å². The van der Waals surface area contributed by atoms with E-state index in [4.69, 9.17) is 0 Å². The SMILES string of the molecule is CN1CC2CNCCN2CC1c1ccc(Br)cc1. The third kappa shape index (κ3) is 2.48. The van der Waals surface area contributed by atoms with Gasteiger partial charge in [-0.1, -0.05) is 28.1 Å². The van der Waals surface area contributed by atoms with Gasteiger partial charge in [-0.3, -0.25) is 9.80 Å². The summed E-state index contributed by atoms with van der Waals surface area (Å²) >= 11 is 3.51. The van der Waals surface area contributed by atoms with E-state index >= 15 is 0 Å². The molecule has 1 aromatic carbocycles. The predicted molar refractivity (Wildman–Crippen MR) is 77.7 cm³/mol. The van der Waals surface area contributed by atoms with Crippen LogP contribution in [0.1, 0.15) is 11.6 Å². The molecule has 0 spiro atoms. The van der Waals surface area contributed by atoms with Gasteiger partial charge >= 0.3 is 0 Å². The Morgan fingerprint density at radius 1 is 1.22 bits per heavy atom. The van der Waals surface area contributed by atoms with Gasteiger partial charge in [-0.25, -0.2) is 0 Å². The first kappa shape index (κ1) is 12.6. The van der Waals surface area contributed by atoms with Crippen molar-refractivity contribution in [3.63, 3.8) is 0 Å². The van der Waals surface area contributed by atoms with Gasteiger partial charge in [0.25, 0.3) is 0 Å². The summed E-state index contributed by atoms with van der Waals surface area (Å²) in [4.78, 5) is 5.14. The average Bonchev–Trinajstić information content (AvgIpc) is 2.39. The highest BCUT2D eigenvalue weighted by molar-refractivity contribution is 9.10. The maximum absolute atomic E-state index is 3.51. The molecular weight excluding hydrogens is 290 g/mol. The van der Waals surface area contributed by atoms with Crippen molar-refractivity contribution < 1.29 is 0 Å². The molecule has 0 aliphatic carbocycles. The van der Waals surface area contributed by atoms with Gasteiger partial charge in [0.1, 0.15) is 0 Å². The fourth-order valence-corrected chi connectivity index (χ4v) is 3.35. The van der Waals surface area contributed by atoms with Gasteiger partial charge in [-0.05, 0) is 24.7 Å². The summed E-state index contributed by atoms with van der Waals surface area (Å²) < 4.78 is 1.16. The molecule has 98 valence electrons. The van der Waals surface area contributed by atoms with E-state index < -0.39 is 0 Å². The van der Waals surface area contributed by atoms with Crippen molar-refractivity contribution in [1.82, 2.24) is 15.1 Å². The number of fused-ring (bicyclic) bond motifs is 1. The first-order chi connectivity index (χ1) is 8.74. The molecule has 18 heavy (non-hydrogen) atoms. The first-order valence-electron chi connectivity index (χ1n) is 6.64. The minimum absolute atomic E-state index is 0.535. The second-order valence-corrected chi connectivity index (χ2v) is 6.28. The number of nitrogens with one attached hydrogen (secondary N) is 1. The molecule has 2 unspecified atom stereocenters. The standard InChI is InChI=1S/C14H20BrN3/c1-17-9-13-8-16-6-7-18(13)10-14(17)11-2-4-12(15)5-3-11/h2-5,13-14,16H,6-10H2,1H3. The average molecular weight is 310 g/mol. The minimum atomic E-state index is 0.535. The Balaban J connectivity index is 1.77. The lowest BCUT2D eigenvalue weighted by Gasteiger charge is -2.47. The van der Waals surface area contributed by atoms with E-state index in [2.05, 4.69) is 62.4 Å². The lowest BCUT2D eigenvalue weighted by molar-refractivity contribution is 0.0300. The molecule has 2 aliphatic rings. The van der Waals surface area contributed by atoms with Gasteiger partial charge in [0.05, 0.1) is 0 Å². The Hall–Kier alpha value is -0.420. The fraction of sp³-hybridized carbons (Fsp3) is 0.571. The number of halogens is 1. The molecule has 0 saturated carbocycles. The van der Waals surface area contributed by atoms with E-state index in [9.17, 15) is 0 Å². The summed E-state index contributed by atoms with van der Waals surface area (Å²) in [7, 11) is 2.25. The monoisotopic (exact) mass is 309 g/mol. The molecular formula is C14H20BrN3. The summed E-state index contributed by atoms with van der Waals surface area (Å²) in [6.07, 6.45) is 0. The van der Waals surface area contributed by atoms with E-state index in [1.54, 1.807) is 0 Å². The summed E-state index contributed by atoms with van der Waals surface area (Å²) in [5, 5.41) is 3.49. The molecule has 0 aromatic heterocycles. The van der Waals surface area contributed by atoms with E-state index in [1.807, 2.05) is 0 Å². The molecule has 1 aromatic rings. The van der Waals surface area contributed by atoms with Crippen LogP contribution in [0.3, 0.4) is 0 Å². The lowest BCUT2D eigenvalue weighted by Crippen LogP contribution is -2.61. The van der Waals surface area contributed by atoms with Crippen molar-refractivity contribution in [2.24, 2.45) is 0 Å². The van der Waals surface area contributed by atoms with Crippen LogP contribution < -0.4 is 5.32 Å². The molecule has 0 amide bonds. The molecule has 1 N–H and O–H groups in total. The second-order valence-electron chi connectivity index (χ2n) is 5.36. The third-order valence-electron chi connectivity index (χ3n) is 4.17. The highest BCUT2D eigenvalue weighted by atomic mass is 79.9. The van der Waals surface area contributed by atoms with Crippen LogP contribution in [0.2, 0.25) is 0 Å². The molecule has 4 heteroatoms. The summed E-state index contributed by atoms with van der Waals surface area (Å²) in [6, 6.07) is 10.0. The number of hydrogen-bond donors (Lipinski definition) is 1. The Morgan fingerprint density at radius 3 is 2.78 bits per heavy atom. The molecule has 3 nitrogen and oxygen atoms in total. The Morgan fingerprint density at radius 2 is 2.00 bits per heavy atom. The number of rotatable bonds is 1. The summed E-state index contributed by atoms with van der Waals surface area (Å²) in [6.45, 7) is 5.77. The van der Waals surface area contributed by atoms with Crippen LogP contribution in [0.15, 0.2) is 28.7 Å². The first-order valence-corrected chi connectivity index (χ1v) is 7.44. The zero-order chi connectivity index (χ0) is 12.5. The van der Waals surface area contributed by atoms with Gasteiger partial charge in [-0.15, -0.1) is 0 Å². The van der Waals surface area contributed by atoms with Gasteiger partial charge < -0.3 is 5.32 Å². The highest BCUT2D eigenvalue weighted by Crippen LogP contribution is 2.27. The maximum atomic E-state index is 3.51. The fourth-order valence-electron chi connectivity index (χ4n) is 3.09. The summed E-state index contributed by atoms with van der Waals surface area (Å²) in [5.74, 6) is 0. The molecule has 2 heterocycles. The van der Waals surface area contributed by atoms with Crippen LogP contribution in [0.5, 0.6) is 0 Å². The third-order valence-corrected chi connectivity index (χ3v) is 4.69. The lowest BCUT2D eigenvalue weighted by atomic mass is 9.99. The zero-order valence-corrected chi connectivity index (χ0v) is 12.4. The van der Waals surface area contributed by atoms with Crippen LogP contribution >= 0.6 is 15.9 Å². The number of benzene rings is 1. The van der Waals surface area contributed by atoms with Crippen LogP contribution in [0.25, 0.3) is 0 Å². The molecule has 2 saturated heterocycles. The number of nitrogens with zero attached hydrogens (tertiary/aromatic N) is 2. The zero-order valence-electron chi connectivity index (χ0n) is 10.8.